The van der Waals surface area contributed by atoms with Gasteiger partial charge in [-0.15, -0.1) is 6.58 Å². The molecular weight excluding hydrogens is 344 g/mol. The number of anilines is 3. The maximum Gasteiger partial charge on any atom is 0.232 e. The van der Waals surface area contributed by atoms with Gasteiger partial charge < -0.3 is 20.4 Å². The van der Waals surface area contributed by atoms with Crippen LogP contribution in [0.15, 0.2) is 18.7 Å². The Morgan fingerprint density at radius 3 is 2.65 bits per heavy atom. The molecule has 2 saturated heterocycles. The lowest BCUT2D eigenvalue weighted by molar-refractivity contribution is 0.481. The first-order chi connectivity index (χ1) is 12.7. The van der Waals surface area contributed by atoms with Crippen LogP contribution in [0, 0.1) is 0 Å². The highest BCUT2D eigenvalue weighted by Crippen LogP contribution is 2.28. The van der Waals surface area contributed by atoms with Crippen LogP contribution in [0.5, 0.6) is 0 Å². The van der Waals surface area contributed by atoms with E-state index in [1.807, 2.05) is 0 Å². The number of hydrogen-bond acceptors (Lipinski definition) is 5. The van der Waals surface area contributed by atoms with Crippen LogP contribution in [0.4, 0.5) is 17.6 Å². The van der Waals surface area contributed by atoms with Crippen molar-refractivity contribution in [2.45, 2.75) is 51.5 Å². The van der Waals surface area contributed by atoms with E-state index in [0.29, 0.717) is 23.6 Å². The molecule has 2 N–H and O–H groups in total. The van der Waals surface area contributed by atoms with Crippen molar-refractivity contribution in [3.63, 3.8) is 0 Å². The highest BCUT2D eigenvalue weighted by molar-refractivity contribution is 7.80. The van der Waals surface area contributed by atoms with Crippen LogP contribution in [-0.2, 0) is 0 Å². The predicted octanol–water partition coefficient (Wildman–Crippen LogP) is 3.32. The van der Waals surface area contributed by atoms with Gasteiger partial charge >= 0.3 is 0 Å². The second kappa shape index (κ2) is 9.16. The average Bonchev–Trinajstić information content (AvgIpc) is 2.67. The zero-order chi connectivity index (χ0) is 18.4. The van der Waals surface area contributed by atoms with Crippen LogP contribution in [0.3, 0.4) is 0 Å². The van der Waals surface area contributed by atoms with Gasteiger partial charge in [-0.05, 0) is 57.7 Å². The van der Waals surface area contributed by atoms with E-state index >= 15 is 0 Å². The first kappa shape index (κ1) is 18.9. The molecule has 0 bridgehead atoms. The zero-order valence-electron chi connectivity index (χ0n) is 15.7. The van der Waals surface area contributed by atoms with Gasteiger partial charge in [0.05, 0.1) is 0 Å². The van der Waals surface area contributed by atoms with Gasteiger partial charge in [0.25, 0.3) is 0 Å². The third-order valence-electron chi connectivity index (χ3n) is 5.11. The molecule has 2 aliphatic rings. The molecule has 7 heteroatoms. The molecule has 0 aliphatic carbocycles. The van der Waals surface area contributed by atoms with Crippen LogP contribution in [-0.4, -0.2) is 47.3 Å². The van der Waals surface area contributed by atoms with E-state index in [4.69, 9.17) is 22.2 Å². The normalized spacial score (nSPS) is 20.6. The fourth-order valence-corrected chi connectivity index (χ4v) is 3.83. The third kappa shape index (κ3) is 4.84. The summed E-state index contributed by atoms with van der Waals surface area (Å²) in [5.41, 5.74) is 0. The molecule has 3 rings (SSSR count). The van der Waals surface area contributed by atoms with Crippen LogP contribution in [0.1, 0.15) is 45.4 Å². The highest BCUT2D eigenvalue weighted by atomic mass is 32.1. The molecule has 0 aromatic carbocycles. The van der Waals surface area contributed by atoms with E-state index in [9.17, 15) is 0 Å². The van der Waals surface area contributed by atoms with Crippen LogP contribution < -0.4 is 20.4 Å². The van der Waals surface area contributed by atoms with Gasteiger partial charge in [0.1, 0.15) is 11.6 Å². The summed E-state index contributed by atoms with van der Waals surface area (Å²) in [6.07, 6.45) is 9.25. The molecule has 6 nitrogen and oxygen atoms in total. The van der Waals surface area contributed by atoms with Gasteiger partial charge in [-0.2, -0.15) is 9.97 Å². The Balaban J connectivity index is 1.85. The van der Waals surface area contributed by atoms with E-state index < -0.39 is 0 Å². The minimum Gasteiger partial charge on any atom is -0.359 e. The summed E-state index contributed by atoms with van der Waals surface area (Å²) in [4.78, 5) is 14.3. The molecule has 142 valence electrons. The predicted molar refractivity (Wildman–Crippen MR) is 113 cm³/mol. The summed E-state index contributed by atoms with van der Waals surface area (Å²) in [7, 11) is 0. The molecule has 2 aliphatic heterocycles. The van der Waals surface area contributed by atoms with Crippen molar-refractivity contribution in [2.75, 3.05) is 41.3 Å². The minimum atomic E-state index is 0.506. The summed E-state index contributed by atoms with van der Waals surface area (Å²) < 4.78 is 0. The number of rotatable bonds is 5. The van der Waals surface area contributed by atoms with Gasteiger partial charge in [0.2, 0.25) is 5.95 Å². The van der Waals surface area contributed by atoms with Crippen molar-refractivity contribution in [1.82, 2.24) is 15.3 Å². The second-order valence-corrected chi connectivity index (χ2v) is 7.53. The number of aromatic nitrogens is 2. The van der Waals surface area contributed by atoms with E-state index in [2.05, 4.69) is 40.0 Å². The van der Waals surface area contributed by atoms with Crippen LogP contribution in [0.25, 0.3) is 0 Å². The first-order valence-electron chi connectivity index (χ1n) is 9.74. The maximum atomic E-state index is 5.35. The lowest BCUT2D eigenvalue weighted by Gasteiger charge is -2.35. The van der Waals surface area contributed by atoms with Crippen molar-refractivity contribution in [2.24, 2.45) is 0 Å². The lowest BCUT2D eigenvalue weighted by Crippen LogP contribution is -2.39. The molecular formula is C19H30N6S. The molecule has 2 fully saturated rings. The number of hydrogen-bond donors (Lipinski definition) is 2. The average molecular weight is 375 g/mol. The standard InChI is InChI=1S/C19H30N6S/c1-3-10-20-19(26)23-18-21-16(24-11-6-4-7-12-24)14-17(22-18)25-13-8-5-9-15(25)2/h3,14-15H,1,4-13H2,2H3,(H2,20,21,22,23,26). The van der Waals surface area contributed by atoms with Crippen LogP contribution >= 0.6 is 12.2 Å². The fourth-order valence-electron chi connectivity index (χ4n) is 3.66. The fraction of sp³-hybridized carbons (Fsp3) is 0.632. The third-order valence-corrected chi connectivity index (χ3v) is 5.36. The Hall–Kier alpha value is -1.89. The molecule has 1 unspecified atom stereocenters. The number of thiocarbonyl (C=S) groups is 1. The molecule has 0 saturated carbocycles. The summed E-state index contributed by atoms with van der Waals surface area (Å²) in [5.74, 6) is 2.57. The summed E-state index contributed by atoms with van der Waals surface area (Å²) in [6.45, 7) is 9.78. The largest absolute Gasteiger partial charge is 0.359 e. The molecule has 26 heavy (non-hydrogen) atoms. The van der Waals surface area contributed by atoms with Gasteiger partial charge in [0.15, 0.2) is 5.11 Å². The van der Waals surface area contributed by atoms with Crippen molar-refractivity contribution in [1.29, 1.82) is 0 Å². The Labute approximate surface area is 162 Å². The molecule has 3 heterocycles. The molecule has 1 aromatic heterocycles. The number of nitrogens with one attached hydrogen (secondary N) is 2. The maximum absolute atomic E-state index is 5.35. The van der Waals surface area contributed by atoms with Gasteiger partial charge in [-0.3, -0.25) is 0 Å². The van der Waals surface area contributed by atoms with Gasteiger partial charge in [-0.1, -0.05) is 6.08 Å². The quantitative estimate of drug-likeness (QED) is 0.606. The molecule has 0 spiro atoms. The Morgan fingerprint density at radius 1 is 1.19 bits per heavy atom. The zero-order valence-corrected chi connectivity index (χ0v) is 16.5. The van der Waals surface area contributed by atoms with E-state index in [1.54, 1.807) is 6.08 Å². The second-order valence-electron chi connectivity index (χ2n) is 7.12. The molecule has 1 atom stereocenters. The summed E-state index contributed by atoms with van der Waals surface area (Å²) in [6, 6.07) is 2.66. The Bertz CT molecular complexity index is 628. The van der Waals surface area contributed by atoms with E-state index in [-0.39, 0.29) is 0 Å². The van der Waals surface area contributed by atoms with Crippen molar-refractivity contribution in [3.8, 4) is 0 Å². The Morgan fingerprint density at radius 2 is 1.92 bits per heavy atom. The smallest absolute Gasteiger partial charge is 0.232 e. The molecule has 0 amide bonds. The van der Waals surface area contributed by atoms with Crippen molar-refractivity contribution < 1.29 is 0 Å². The van der Waals surface area contributed by atoms with Gasteiger partial charge in [0, 0.05) is 38.3 Å². The summed E-state index contributed by atoms with van der Waals surface area (Å²) >= 11 is 5.35. The van der Waals surface area contributed by atoms with Crippen LogP contribution in [0.2, 0.25) is 0 Å². The first-order valence-corrected chi connectivity index (χ1v) is 10.1. The van der Waals surface area contributed by atoms with Crippen molar-refractivity contribution in [3.05, 3.63) is 18.7 Å². The van der Waals surface area contributed by atoms with Gasteiger partial charge in [-0.25, -0.2) is 0 Å². The highest BCUT2D eigenvalue weighted by Gasteiger charge is 2.23. The number of nitrogens with zero attached hydrogens (tertiary/aromatic N) is 4. The molecule has 0 radical (unpaired) electrons. The topological polar surface area (TPSA) is 56.3 Å². The molecule has 1 aromatic rings. The SMILES string of the molecule is C=CCNC(=S)Nc1nc(N2CCCCC2)cc(N2CCCCC2C)n1. The minimum absolute atomic E-state index is 0.506. The van der Waals surface area contributed by atoms with E-state index in [1.165, 1.54) is 38.5 Å². The lowest BCUT2D eigenvalue weighted by atomic mass is 10.0. The Kier molecular flexibility index (Phi) is 6.66. The van der Waals surface area contributed by atoms with E-state index in [0.717, 1.165) is 31.3 Å². The number of piperidine rings is 2. The summed E-state index contributed by atoms with van der Waals surface area (Å²) in [5, 5.41) is 6.76. The monoisotopic (exact) mass is 374 g/mol. The van der Waals surface area contributed by atoms with Crippen molar-refractivity contribution >= 4 is 34.9 Å².